The van der Waals surface area contributed by atoms with Gasteiger partial charge in [0.2, 0.25) is 10.0 Å². The van der Waals surface area contributed by atoms with E-state index in [0.29, 0.717) is 28.4 Å². The second kappa shape index (κ2) is 7.37. The van der Waals surface area contributed by atoms with Gasteiger partial charge in [-0.3, -0.25) is 9.71 Å². The van der Waals surface area contributed by atoms with E-state index in [2.05, 4.69) is 19.7 Å². The van der Waals surface area contributed by atoms with E-state index in [0.717, 1.165) is 18.0 Å². The van der Waals surface area contributed by atoms with Gasteiger partial charge < -0.3 is 10.3 Å². The van der Waals surface area contributed by atoms with Gasteiger partial charge >= 0.3 is 6.18 Å². The first-order valence-corrected chi connectivity index (χ1v) is 10.9. The zero-order valence-electron chi connectivity index (χ0n) is 15.5. The number of alkyl halides is 3. The van der Waals surface area contributed by atoms with Crippen molar-refractivity contribution < 1.29 is 21.6 Å². The van der Waals surface area contributed by atoms with Crippen LogP contribution in [0.15, 0.2) is 29.7 Å². The van der Waals surface area contributed by atoms with Gasteiger partial charge in [-0.25, -0.2) is 18.4 Å². The molecular weight excluding hydrogens is 429 g/mol. The van der Waals surface area contributed by atoms with Crippen LogP contribution in [0.1, 0.15) is 23.6 Å². The van der Waals surface area contributed by atoms with Gasteiger partial charge in [0, 0.05) is 24.7 Å². The monoisotopic (exact) mass is 446 g/mol. The number of anilines is 2. The van der Waals surface area contributed by atoms with Gasteiger partial charge in [0.15, 0.2) is 10.9 Å². The highest BCUT2D eigenvalue weighted by atomic mass is 32.2. The molecule has 0 saturated heterocycles. The van der Waals surface area contributed by atoms with Gasteiger partial charge in [0.25, 0.3) is 0 Å². The highest BCUT2D eigenvalue weighted by molar-refractivity contribution is 7.99. The average molecular weight is 446 g/mol. The van der Waals surface area contributed by atoms with E-state index in [-0.39, 0.29) is 11.0 Å². The summed E-state index contributed by atoms with van der Waals surface area (Å²) in [5, 5.41) is 0.0580. The summed E-state index contributed by atoms with van der Waals surface area (Å²) in [6.07, 6.45) is -0.410. The van der Waals surface area contributed by atoms with Crippen LogP contribution in [-0.2, 0) is 23.2 Å². The predicted octanol–water partition coefficient (Wildman–Crippen LogP) is 3.19. The molecular formula is C16H17F3N6O2S2. The Hall–Kier alpha value is -2.54. The van der Waals surface area contributed by atoms with E-state index < -0.39 is 27.1 Å². The SMILES string of the molecule is CC(Sc1nc(N)cc(C(F)(F)F)n1)c1cc2c(NS(C)(=O)=O)cn(C)c2cn1. The van der Waals surface area contributed by atoms with Crippen molar-refractivity contribution in [1.82, 2.24) is 19.5 Å². The predicted molar refractivity (Wildman–Crippen MR) is 105 cm³/mol. The Balaban J connectivity index is 1.95. The molecule has 3 rings (SSSR count). The molecule has 1 unspecified atom stereocenters. The van der Waals surface area contributed by atoms with Gasteiger partial charge in [-0.15, -0.1) is 0 Å². The lowest BCUT2D eigenvalue weighted by Crippen LogP contribution is -2.11. The molecule has 0 aliphatic carbocycles. The molecule has 0 aromatic carbocycles. The number of nitrogen functional groups attached to an aromatic ring is 1. The Labute approximate surface area is 168 Å². The zero-order chi connectivity index (χ0) is 21.6. The molecule has 3 aromatic rings. The van der Waals surface area contributed by atoms with Crippen molar-refractivity contribution in [3.63, 3.8) is 0 Å². The largest absolute Gasteiger partial charge is 0.433 e. The Kier molecular flexibility index (Phi) is 5.38. The van der Waals surface area contributed by atoms with E-state index in [1.165, 1.54) is 0 Å². The highest BCUT2D eigenvalue weighted by Gasteiger charge is 2.33. The second-order valence-corrected chi connectivity index (χ2v) is 9.43. The summed E-state index contributed by atoms with van der Waals surface area (Å²) in [5.41, 5.74) is 5.95. The number of hydrogen-bond acceptors (Lipinski definition) is 7. The number of nitrogens with two attached hydrogens (primary N) is 1. The molecule has 0 saturated carbocycles. The summed E-state index contributed by atoms with van der Waals surface area (Å²) in [5.74, 6) is -0.284. The number of fused-ring (bicyclic) bond motifs is 1. The molecule has 3 N–H and O–H groups in total. The van der Waals surface area contributed by atoms with Gasteiger partial charge in [0.05, 0.1) is 34.6 Å². The van der Waals surface area contributed by atoms with E-state index in [9.17, 15) is 21.6 Å². The van der Waals surface area contributed by atoms with Crippen LogP contribution in [0.25, 0.3) is 10.9 Å². The van der Waals surface area contributed by atoms with Crippen LogP contribution < -0.4 is 10.5 Å². The van der Waals surface area contributed by atoms with E-state index in [1.54, 1.807) is 37.0 Å². The number of thioether (sulfide) groups is 1. The zero-order valence-corrected chi connectivity index (χ0v) is 17.2. The van der Waals surface area contributed by atoms with E-state index in [4.69, 9.17) is 5.73 Å². The number of halogens is 3. The Morgan fingerprint density at radius 2 is 1.97 bits per heavy atom. The number of nitrogens with one attached hydrogen (secondary N) is 1. The molecule has 0 spiro atoms. The van der Waals surface area contributed by atoms with Crippen molar-refractivity contribution in [2.45, 2.75) is 23.5 Å². The summed E-state index contributed by atoms with van der Waals surface area (Å²) in [4.78, 5) is 11.7. The summed E-state index contributed by atoms with van der Waals surface area (Å²) in [7, 11) is -1.75. The molecule has 29 heavy (non-hydrogen) atoms. The van der Waals surface area contributed by atoms with Gasteiger partial charge in [-0.1, -0.05) is 11.8 Å². The van der Waals surface area contributed by atoms with Gasteiger partial charge in [0.1, 0.15) is 5.82 Å². The lowest BCUT2D eigenvalue weighted by molar-refractivity contribution is -0.141. The number of hydrogen-bond donors (Lipinski definition) is 2. The van der Waals surface area contributed by atoms with E-state index >= 15 is 0 Å². The van der Waals surface area contributed by atoms with Crippen LogP contribution in [0, 0.1) is 0 Å². The van der Waals surface area contributed by atoms with Crippen LogP contribution in [0.4, 0.5) is 24.7 Å². The Bertz CT molecular complexity index is 1180. The molecule has 0 bridgehead atoms. The Morgan fingerprint density at radius 3 is 2.59 bits per heavy atom. The molecule has 0 aliphatic heterocycles. The molecule has 0 fully saturated rings. The van der Waals surface area contributed by atoms with Crippen molar-refractivity contribution in [3.05, 3.63) is 35.9 Å². The number of pyridine rings is 1. The van der Waals surface area contributed by atoms with Crippen molar-refractivity contribution in [3.8, 4) is 0 Å². The van der Waals surface area contributed by atoms with Gasteiger partial charge in [-0.2, -0.15) is 13.2 Å². The Morgan fingerprint density at radius 1 is 1.28 bits per heavy atom. The number of sulfonamides is 1. The molecule has 0 aliphatic rings. The summed E-state index contributed by atoms with van der Waals surface area (Å²) < 4.78 is 66.2. The number of aryl methyl sites for hydroxylation is 1. The normalized spacial score (nSPS) is 13.6. The number of aromatic nitrogens is 4. The summed E-state index contributed by atoms with van der Waals surface area (Å²) >= 11 is 0.965. The topological polar surface area (TPSA) is 116 Å². The lowest BCUT2D eigenvalue weighted by Gasteiger charge is -2.12. The fraction of sp³-hybridized carbons (Fsp3) is 0.312. The maximum Gasteiger partial charge on any atom is 0.433 e. The second-order valence-electron chi connectivity index (χ2n) is 6.37. The molecule has 3 aromatic heterocycles. The maximum absolute atomic E-state index is 12.9. The number of rotatable bonds is 5. The third-order valence-electron chi connectivity index (χ3n) is 3.91. The minimum atomic E-state index is -4.64. The quantitative estimate of drug-likeness (QED) is 0.457. The first kappa shape index (κ1) is 21.2. The fourth-order valence-electron chi connectivity index (χ4n) is 2.66. The van der Waals surface area contributed by atoms with Crippen molar-refractivity contribution in [2.75, 3.05) is 16.7 Å². The average Bonchev–Trinajstić information content (AvgIpc) is 2.87. The van der Waals surface area contributed by atoms with Crippen LogP contribution in [0.5, 0.6) is 0 Å². The van der Waals surface area contributed by atoms with E-state index in [1.807, 2.05) is 0 Å². The molecule has 13 heteroatoms. The molecule has 3 heterocycles. The van der Waals surface area contributed by atoms with Crippen LogP contribution in [-0.4, -0.2) is 34.2 Å². The molecule has 0 amide bonds. The van der Waals surface area contributed by atoms with Crippen LogP contribution in [0.2, 0.25) is 0 Å². The first-order chi connectivity index (χ1) is 13.3. The van der Waals surface area contributed by atoms with Crippen LogP contribution >= 0.6 is 11.8 Å². The third kappa shape index (κ3) is 4.90. The summed E-state index contributed by atoms with van der Waals surface area (Å²) in [6, 6.07) is 2.35. The molecule has 0 radical (unpaired) electrons. The first-order valence-electron chi connectivity index (χ1n) is 8.14. The molecule has 156 valence electrons. The third-order valence-corrected chi connectivity index (χ3v) is 5.49. The molecule has 8 nitrogen and oxygen atoms in total. The number of nitrogens with zero attached hydrogens (tertiary/aromatic N) is 4. The van der Waals surface area contributed by atoms with Crippen molar-refractivity contribution >= 4 is 44.2 Å². The van der Waals surface area contributed by atoms with Crippen molar-refractivity contribution in [2.24, 2.45) is 7.05 Å². The van der Waals surface area contributed by atoms with Crippen LogP contribution in [0.3, 0.4) is 0 Å². The maximum atomic E-state index is 12.9. The lowest BCUT2D eigenvalue weighted by atomic mass is 10.2. The standard InChI is InChI=1S/C16H17F3N6O2S2/c1-8(28-15-22-13(16(17,18)19)5-14(20)23-15)10-4-9-11(24-29(3,26)27)7-25(2)12(9)6-21-10/h4-8,24H,1-3H3,(H2,20,22,23). The van der Waals surface area contributed by atoms with Gasteiger partial charge in [-0.05, 0) is 13.0 Å². The fourth-order valence-corrected chi connectivity index (χ4v) is 4.09. The summed E-state index contributed by atoms with van der Waals surface area (Å²) in [6.45, 7) is 1.73. The van der Waals surface area contributed by atoms with Crippen molar-refractivity contribution in [1.29, 1.82) is 0 Å². The smallest absolute Gasteiger partial charge is 0.384 e. The highest BCUT2D eigenvalue weighted by Crippen LogP contribution is 2.37. The molecule has 1 atom stereocenters. The minimum Gasteiger partial charge on any atom is -0.384 e. The minimum absolute atomic E-state index is 0.130.